The predicted molar refractivity (Wildman–Crippen MR) is 63.5 cm³/mol. The number of carboxylic acids is 1. The van der Waals surface area contributed by atoms with Gasteiger partial charge in [-0.3, -0.25) is 4.79 Å². The van der Waals surface area contributed by atoms with E-state index >= 15 is 0 Å². The summed E-state index contributed by atoms with van der Waals surface area (Å²) in [4.78, 5) is 26.2. The molecule has 0 atom stereocenters. The molecule has 0 aliphatic rings. The molecule has 6 heteroatoms. The molecule has 2 aromatic rings. The number of aromatic carboxylic acids is 1. The van der Waals surface area contributed by atoms with Crippen molar-refractivity contribution in [2.24, 2.45) is 0 Å². The molecule has 17 heavy (non-hydrogen) atoms. The lowest BCUT2D eigenvalue weighted by molar-refractivity contribution is 0.0690. The van der Waals surface area contributed by atoms with Gasteiger partial charge in [0, 0.05) is 5.38 Å². The van der Waals surface area contributed by atoms with Crippen LogP contribution in [0.4, 0.5) is 5.69 Å². The summed E-state index contributed by atoms with van der Waals surface area (Å²) < 4.78 is 0. The number of carboxylic acid groups (broad SMARTS) is 1. The third-order valence-electron chi connectivity index (χ3n) is 1.98. The molecule has 2 N–H and O–H groups in total. The molecule has 2 aromatic heterocycles. The number of hydrogen-bond acceptors (Lipinski definition) is 4. The van der Waals surface area contributed by atoms with Gasteiger partial charge in [-0.1, -0.05) is 6.07 Å². The average molecular weight is 248 g/mol. The number of anilines is 1. The molecule has 0 saturated carbocycles. The SMILES string of the molecule is O=C(O)c1cccc(C(=O)Nc2ccsc2)n1. The minimum Gasteiger partial charge on any atom is -0.477 e. The van der Waals surface area contributed by atoms with E-state index in [-0.39, 0.29) is 11.4 Å². The van der Waals surface area contributed by atoms with Crippen molar-refractivity contribution in [1.29, 1.82) is 0 Å². The van der Waals surface area contributed by atoms with Crippen LogP contribution in [0.3, 0.4) is 0 Å². The first-order valence-electron chi connectivity index (χ1n) is 4.71. The molecular formula is C11H8N2O3S. The van der Waals surface area contributed by atoms with E-state index in [2.05, 4.69) is 10.3 Å². The molecule has 0 aromatic carbocycles. The fourth-order valence-corrected chi connectivity index (χ4v) is 1.80. The quantitative estimate of drug-likeness (QED) is 0.871. The molecule has 0 bridgehead atoms. The molecule has 0 saturated heterocycles. The highest BCUT2D eigenvalue weighted by atomic mass is 32.1. The van der Waals surface area contributed by atoms with Crippen LogP contribution in [0.5, 0.6) is 0 Å². The molecule has 0 aliphatic carbocycles. The first kappa shape index (κ1) is 11.3. The molecular weight excluding hydrogens is 240 g/mol. The van der Waals surface area contributed by atoms with Crippen LogP contribution in [0.2, 0.25) is 0 Å². The summed E-state index contributed by atoms with van der Waals surface area (Å²) in [6, 6.07) is 6.04. The van der Waals surface area contributed by atoms with Gasteiger partial charge in [0.05, 0.1) is 5.69 Å². The zero-order chi connectivity index (χ0) is 12.3. The van der Waals surface area contributed by atoms with Gasteiger partial charge in [0.25, 0.3) is 5.91 Å². The summed E-state index contributed by atoms with van der Waals surface area (Å²) in [5.74, 6) is -1.58. The van der Waals surface area contributed by atoms with Gasteiger partial charge in [-0.25, -0.2) is 9.78 Å². The summed E-state index contributed by atoms with van der Waals surface area (Å²) in [6.45, 7) is 0. The Labute approximate surface area is 101 Å². The lowest BCUT2D eigenvalue weighted by Crippen LogP contribution is -2.15. The van der Waals surface area contributed by atoms with E-state index < -0.39 is 11.9 Å². The van der Waals surface area contributed by atoms with E-state index in [0.717, 1.165) is 0 Å². The summed E-state index contributed by atoms with van der Waals surface area (Å²) in [5, 5.41) is 15.0. The van der Waals surface area contributed by atoms with Crippen molar-refractivity contribution in [3.63, 3.8) is 0 Å². The van der Waals surface area contributed by atoms with Crippen LogP contribution in [0, 0.1) is 0 Å². The highest BCUT2D eigenvalue weighted by Crippen LogP contribution is 2.13. The molecule has 1 amide bonds. The summed E-state index contributed by atoms with van der Waals surface area (Å²) >= 11 is 1.46. The minimum absolute atomic E-state index is 0.0797. The van der Waals surface area contributed by atoms with Crippen LogP contribution in [0.1, 0.15) is 21.0 Å². The Balaban J connectivity index is 2.19. The molecule has 2 heterocycles. The fraction of sp³-hybridized carbons (Fsp3) is 0. The van der Waals surface area contributed by atoms with Crippen LogP contribution in [0.15, 0.2) is 35.0 Å². The van der Waals surface area contributed by atoms with Gasteiger partial charge in [0.15, 0.2) is 0 Å². The number of nitrogens with one attached hydrogen (secondary N) is 1. The van der Waals surface area contributed by atoms with E-state index in [4.69, 9.17) is 5.11 Å². The number of amides is 1. The maximum Gasteiger partial charge on any atom is 0.354 e. The number of rotatable bonds is 3. The first-order valence-corrected chi connectivity index (χ1v) is 5.65. The number of carbonyl (C=O) groups excluding carboxylic acids is 1. The number of aromatic nitrogens is 1. The molecule has 2 rings (SSSR count). The van der Waals surface area contributed by atoms with E-state index in [1.807, 2.05) is 5.38 Å². The Morgan fingerprint density at radius 1 is 1.24 bits per heavy atom. The number of nitrogens with zero attached hydrogens (tertiary/aromatic N) is 1. The van der Waals surface area contributed by atoms with Crippen molar-refractivity contribution in [3.8, 4) is 0 Å². The average Bonchev–Trinajstić information content (AvgIpc) is 2.82. The van der Waals surface area contributed by atoms with E-state index in [0.29, 0.717) is 5.69 Å². The lowest BCUT2D eigenvalue weighted by atomic mass is 10.3. The van der Waals surface area contributed by atoms with Crippen LogP contribution in [0.25, 0.3) is 0 Å². The summed E-state index contributed by atoms with van der Waals surface area (Å²) in [6.07, 6.45) is 0. The van der Waals surface area contributed by atoms with Gasteiger partial charge in [-0.15, -0.1) is 0 Å². The standard InChI is InChI=1S/C11H8N2O3S/c14-10(12-7-4-5-17-6-7)8-2-1-3-9(13-8)11(15)16/h1-6H,(H,12,14)(H,15,16). The van der Waals surface area contributed by atoms with Gasteiger partial charge in [0.1, 0.15) is 11.4 Å². The predicted octanol–water partition coefficient (Wildman–Crippen LogP) is 2.09. The zero-order valence-corrected chi connectivity index (χ0v) is 9.40. The number of thiophene rings is 1. The van der Waals surface area contributed by atoms with Crippen molar-refractivity contribution < 1.29 is 14.7 Å². The third-order valence-corrected chi connectivity index (χ3v) is 2.66. The molecule has 86 valence electrons. The van der Waals surface area contributed by atoms with Crippen LogP contribution in [-0.2, 0) is 0 Å². The Hall–Kier alpha value is -2.21. The van der Waals surface area contributed by atoms with Gasteiger partial charge < -0.3 is 10.4 Å². The van der Waals surface area contributed by atoms with E-state index in [1.165, 1.54) is 29.5 Å². The highest BCUT2D eigenvalue weighted by Gasteiger charge is 2.11. The molecule has 0 aliphatic heterocycles. The molecule has 0 radical (unpaired) electrons. The van der Waals surface area contributed by atoms with Crippen molar-refractivity contribution in [3.05, 3.63) is 46.4 Å². The molecule has 0 unspecified atom stereocenters. The first-order chi connectivity index (χ1) is 8.16. The third kappa shape index (κ3) is 2.67. The summed E-state index contributed by atoms with van der Waals surface area (Å²) in [7, 11) is 0. The maximum absolute atomic E-state index is 11.7. The van der Waals surface area contributed by atoms with Gasteiger partial charge in [-0.2, -0.15) is 11.3 Å². The van der Waals surface area contributed by atoms with Crippen molar-refractivity contribution in [1.82, 2.24) is 4.98 Å². The smallest absolute Gasteiger partial charge is 0.354 e. The minimum atomic E-state index is -1.16. The molecule has 0 fully saturated rings. The van der Waals surface area contributed by atoms with Crippen molar-refractivity contribution in [2.45, 2.75) is 0 Å². The Kier molecular flexibility index (Phi) is 3.15. The van der Waals surface area contributed by atoms with E-state index in [9.17, 15) is 9.59 Å². The topological polar surface area (TPSA) is 79.3 Å². The lowest BCUT2D eigenvalue weighted by Gasteiger charge is -2.02. The second-order valence-corrected chi connectivity index (χ2v) is 3.96. The van der Waals surface area contributed by atoms with E-state index in [1.54, 1.807) is 11.4 Å². The van der Waals surface area contributed by atoms with Crippen molar-refractivity contribution >= 4 is 28.9 Å². The maximum atomic E-state index is 11.7. The Bertz CT molecular complexity index is 552. The molecule has 0 spiro atoms. The highest BCUT2D eigenvalue weighted by molar-refractivity contribution is 7.08. The number of hydrogen-bond donors (Lipinski definition) is 2. The van der Waals surface area contributed by atoms with Gasteiger partial charge >= 0.3 is 5.97 Å². The van der Waals surface area contributed by atoms with Gasteiger partial charge in [-0.05, 0) is 23.6 Å². The second-order valence-electron chi connectivity index (χ2n) is 3.18. The van der Waals surface area contributed by atoms with Crippen LogP contribution in [-0.4, -0.2) is 22.0 Å². The van der Waals surface area contributed by atoms with Crippen molar-refractivity contribution in [2.75, 3.05) is 5.32 Å². The summed E-state index contributed by atoms with van der Waals surface area (Å²) in [5.41, 5.74) is 0.599. The normalized spacial score (nSPS) is 9.88. The van der Waals surface area contributed by atoms with Crippen LogP contribution < -0.4 is 5.32 Å². The fourth-order valence-electron chi connectivity index (χ4n) is 1.21. The number of pyridine rings is 1. The molecule has 5 nitrogen and oxygen atoms in total. The van der Waals surface area contributed by atoms with Gasteiger partial charge in [0.2, 0.25) is 0 Å². The largest absolute Gasteiger partial charge is 0.477 e. The Morgan fingerprint density at radius 3 is 2.65 bits per heavy atom. The number of carbonyl (C=O) groups is 2. The van der Waals surface area contributed by atoms with Crippen LogP contribution >= 0.6 is 11.3 Å². The Morgan fingerprint density at radius 2 is 2.00 bits per heavy atom. The monoisotopic (exact) mass is 248 g/mol. The zero-order valence-electron chi connectivity index (χ0n) is 8.58. The second kappa shape index (κ2) is 4.75.